The van der Waals surface area contributed by atoms with Crippen molar-refractivity contribution in [2.24, 2.45) is 0 Å². The summed E-state index contributed by atoms with van der Waals surface area (Å²) in [6, 6.07) is 10.6. The van der Waals surface area contributed by atoms with Gasteiger partial charge in [-0.2, -0.15) is 4.98 Å². The van der Waals surface area contributed by atoms with E-state index in [1.54, 1.807) is 31.5 Å². The molecule has 3 aromatic rings. The molecule has 0 bridgehead atoms. The van der Waals surface area contributed by atoms with Gasteiger partial charge in [0.15, 0.2) is 0 Å². The highest BCUT2D eigenvalue weighted by atomic mass is 16.5. The van der Waals surface area contributed by atoms with E-state index in [-0.39, 0.29) is 11.6 Å². The van der Waals surface area contributed by atoms with Gasteiger partial charge in [-0.25, -0.2) is 9.78 Å². The molecule has 0 saturated carbocycles. The first kappa shape index (κ1) is 21.0. The molecule has 3 heterocycles. The smallest absolute Gasteiger partial charge is 0.335 e. The molecule has 0 amide bonds. The van der Waals surface area contributed by atoms with Gasteiger partial charge in [-0.1, -0.05) is 17.3 Å². The number of ether oxygens (including phenoxy) is 2. The van der Waals surface area contributed by atoms with E-state index >= 15 is 0 Å². The maximum absolute atomic E-state index is 11.1. The molecule has 162 valence electrons. The molecule has 9 nitrogen and oxygen atoms in total. The minimum absolute atomic E-state index is 0.00920. The molecule has 2 aromatic heterocycles. The van der Waals surface area contributed by atoms with Crippen LogP contribution in [0.3, 0.4) is 0 Å². The zero-order chi connectivity index (χ0) is 21.6. The lowest BCUT2D eigenvalue weighted by atomic mass is 10.1. The van der Waals surface area contributed by atoms with Gasteiger partial charge in [0.1, 0.15) is 6.61 Å². The summed E-state index contributed by atoms with van der Waals surface area (Å²) >= 11 is 0. The normalized spacial score (nSPS) is 16.5. The van der Waals surface area contributed by atoms with Gasteiger partial charge in [-0.3, -0.25) is 4.90 Å². The molecule has 0 unspecified atom stereocenters. The molecular formula is C22H24N4O5. The maximum Gasteiger partial charge on any atom is 0.335 e. The third kappa shape index (κ3) is 4.89. The Hall–Kier alpha value is -3.30. The molecular weight excluding hydrogens is 400 g/mol. The second kappa shape index (κ2) is 9.67. The Morgan fingerprint density at radius 1 is 1.26 bits per heavy atom. The van der Waals surface area contributed by atoms with Crippen LogP contribution in [0.4, 0.5) is 0 Å². The predicted molar refractivity (Wildman–Crippen MR) is 111 cm³/mol. The third-order valence-corrected chi connectivity index (χ3v) is 5.22. The van der Waals surface area contributed by atoms with Crippen LogP contribution in [0.2, 0.25) is 0 Å². The second-order valence-corrected chi connectivity index (χ2v) is 7.28. The molecule has 1 N–H and O–H groups in total. The van der Waals surface area contributed by atoms with Crippen LogP contribution in [0.1, 0.15) is 40.7 Å². The van der Waals surface area contributed by atoms with Crippen molar-refractivity contribution in [3.05, 3.63) is 59.6 Å². The lowest BCUT2D eigenvalue weighted by Gasteiger charge is -2.21. The molecule has 1 aromatic carbocycles. The molecule has 9 heteroatoms. The predicted octanol–water partition coefficient (Wildman–Crippen LogP) is 3.19. The molecule has 1 aliphatic heterocycles. The number of carboxylic acid groups (broad SMARTS) is 1. The first-order valence-corrected chi connectivity index (χ1v) is 10.1. The Morgan fingerprint density at radius 3 is 2.87 bits per heavy atom. The Kier molecular flexibility index (Phi) is 6.54. The Balaban J connectivity index is 1.49. The number of nitrogens with zero attached hydrogens (tertiary/aromatic N) is 4. The van der Waals surface area contributed by atoms with Crippen LogP contribution in [-0.4, -0.2) is 58.0 Å². The molecule has 31 heavy (non-hydrogen) atoms. The number of carbonyl (C=O) groups is 1. The van der Waals surface area contributed by atoms with E-state index in [0.29, 0.717) is 42.9 Å². The molecule has 0 radical (unpaired) electrons. The summed E-state index contributed by atoms with van der Waals surface area (Å²) in [7, 11) is 1.61. The van der Waals surface area contributed by atoms with E-state index in [9.17, 15) is 4.79 Å². The number of benzene rings is 1. The topological polar surface area (TPSA) is 111 Å². The number of hydrogen-bond acceptors (Lipinski definition) is 8. The highest BCUT2D eigenvalue weighted by Gasteiger charge is 2.31. The molecule has 1 fully saturated rings. The number of likely N-dealkylation sites (tertiary alicyclic amines) is 1. The van der Waals surface area contributed by atoms with Crippen molar-refractivity contribution in [2.75, 3.05) is 26.9 Å². The second-order valence-electron chi connectivity index (χ2n) is 7.28. The van der Waals surface area contributed by atoms with Gasteiger partial charge in [-0.05, 0) is 49.2 Å². The highest BCUT2D eigenvalue weighted by Crippen LogP contribution is 2.34. The van der Waals surface area contributed by atoms with E-state index in [4.69, 9.17) is 19.1 Å². The van der Waals surface area contributed by atoms with Gasteiger partial charge in [0.2, 0.25) is 17.6 Å². The summed E-state index contributed by atoms with van der Waals surface area (Å²) in [4.78, 5) is 22.2. The van der Waals surface area contributed by atoms with Gasteiger partial charge in [0.05, 0.1) is 23.8 Å². The van der Waals surface area contributed by atoms with Crippen molar-refractivity contribution < 1.29 is 23.9 Å². The average molecular weight is 424 g/mol. The molecule has 1 saturated heterocycles. The summed E-state index contributed by atoms with van der Waals surface area (Å²) in [6.07, 6.45) is 3.59. The van der Waals surface area contributed by atoms with E-state index in [2.05, 4.69) is 20.0 Å². The lowest BCUT2D eigenvalue weighted by Crippen LogP contribution is -2.23. The van der Waals surface area contributed by atoms with Crippen molar-refractivity contribution in [1.29, 1.82) is 0 Å². The Bertz CT molecular complexity index is 1020. The maximum atomic E-state index is 11.1. The number of pyridine rings is 1. The lowest BCUT2D eigenvalue weighted by molar-refractivity contribution is 0.0697. The van der Waals surface area contributed by atoms with Gasteiger partial charge in [-0.15, -0.1) is 0 Å². The van der Waals surface area contributed by atoms with Crippen LogP contribution in [0.15, 0.2) is 47.1 Å². The molecule has 0 aliphatic carbocycles. The minimum Gasteiger partial charge on any atom is -0.478 e. The van der Waals surface area contributed by atoms with Gasteiger partial charge in [0.25, 0.3) is 0 Å². The van der Waals surface area contributed by atoms with Crippen molar-refractivity contribution >= 4 is 5.97 Å². The number of rotatable bonds is 9. The van der Waals surface area contributed by atoms with Crippen LogP contribution >= 0.6 is 0 Å². The van der Waals surface area contributed by atoms with Crippen molar-refractivity contribution in [3.8, 4) is 17.3 Å². The Labute approximate surface area is 179 Å². The summed E-state index contributed by atoms with van der Waals surface area (Å²) < 4.78 is 16.3. The van der Waals surface area contributed by atoms with Crippen molar-refractivity contribution in [3.63, 3.8) is 0 Å². The van der Waals surface area contributed by atoms with E-state index in [1.165, 1.54) is 0 Å². The first-order chi connectivity index (χ1) is 15.2. The molecule has 4 rings (SSSR count). The standard InChI is InChI=1S/C22H24N4O5/c1-29-12-13-30-20-17(4-2-10-23-20)19-24-21(31-25-19)18-5-3-11-26(18)14-15-6-8-16(9-7-15)22(27)28/h2,4,6-10,18H,3,5,11-14H2,1H3,(H,27,28)/t18-/m0/s1. The molecule has 1 atom stereocenters. The fraction of sp³-hybridized carbons (Fsp3) is 0.364. The third-order valence-electron chi connectivity index (χ3n) is 5.22. The number of carboxylic acids is 1. The minimum atomic E-state index is -0.926. The molecule has 1 aliphatic rings. The van der Waals surface area contributed by atoms with Crippen LogP contribution < -0.4 is 4.74 Å². The van der Waals surface area contributed by atoms with Crippen LogP contribution in [0.5, 0.6) is 5.88 Å². The summed E-state index contributed by atoms with van der Waals surface area (Å²) in [6.45, 7) is 2.42. The van der Waals surface area contributed by atoms with Crippen LogP contribution in [0, 0.1) is 0 Å². The fourth-order valence-corrected chi connectivity index (χ4v) is 3.66. The fourth-order valence-electron chi connectivity index (χ4n) is 3.66. The first-order valence-electron chi connectivity index (χ1n) is 10.1. The van der Waals surface area contributed by atoms with Gasteiger partial charge < -0.3 is 19.1 Å². The van der Waals surface area contributed by atoms with Crippen molar-refractivity contribution in [2.45, 2.75) is 25.4 Å². The zero-order valence-electron chi connectivity index (χ0n) is 17.2. The number of aromatic carboxylic acids is 1. The number of methoxy groups -OCH3 is 1. The van der Waals surface area contributed by atoms with E-state index < -0.39 is 5.97 Å². The number of aromatic nitrogens is 3. The van der Waals surface area contributed by atoms with E-state index in [1.807, 2.05) is 18.2 Å². The summed E-state index contributed by atoms with van der Waals surface area (Å²) in [5.41, 5.74) is 1.99. The largest absolute Gasteiger partial charge is 0.478 e. The summed E-state index contributed by atoms with van der Waals surface area (Å²) in [5, 5.41) is 13.2. The SMILES string of the molecule is COCCOc1ncccc1-c1noc([C@@H]2CCCN2Cc2ccc(C(=O)O)cc2)n1. The van der Waals surface area contributed by atoms with Crippen LogP contribution in [0.25, 0.3) is 11.4 Å². The van der Waals surface area contributed by atoms with E-state index in [0.717, 1.165) is 24.9 Å². The van der Waals surface area contributed by atoms with Crippen LogP contribution in [-0.2, 0) is 11.3 Å². The van der Waals surface area contributed by atoms with Gasteiger partial charge in [0, 0.05) is 19.9 Å². The van der Waals surface area contributed by atoms with Crippen molar-refractivity contribution in [1.82, 2.24) is 20.0 Å². The zero-order valence-corrected chi connectivity index (χ0v) is 17.2. The quantitative estimate of drug-likeness (QED) is 0.518. The Morgan fingerprint density at radius 2 is 2.10 bits per heavy atom. The monoisotopic (exact) mass is 424 g/mol. The number of hydrogen-bond donors (Lipinski definition) is 1. The highest BCUT2D eigenvalue weighted by molar-refractivity contribution is 5.87. The average Bonchev–Trinajstić information content (AvgIpc) is 3.44. The molecule has 0 spiro atoms. The summed E-state index contributed by atoms with van der Waals surface area (Å²) in [5.74, 6) is 0.508. The van der Waals surface area contributed by atoms with Gasteiger partial charge >= 0.3 is 5.97 Å².